The standard InChI is InChI=1S/C17H23N3O4S/c1-20(10-9-17(21)24-2)25(22,23)19-16(12-18)15-8-7-13-5-3-4-6-14(13)11-15/h3-8,11,16,19H,9-10,12,18H2,1-2H3. The van der Waals surface area contributed by atoms with Gasteiger partial charge in [-0.1, -0.05) is 36.4 Å². The number of carbonyl (C=O) groups excluding carboxylic acids is 1. The Morgan fingerprint density at radius 1 is 1.24 bits per heavy atom. The van der Waals surface area contributed by atoms with Crippen LogP contribution in [0.25, 0.3) is 10.8 Å². The normalized spacial score (nSPS) is 13.1. The number of hydrogen-bond donors (Lipinski definition) is 2. The molecule has 2 aromatic rings. The van der Waals surface area contributed by atoms with E-state index in [2.05, 4.69) is 9.46 Å². The Balaban J connectivity index is 2.14. The number of ether oxygens (including phenoxy) is 1. The number of nitrogens with zero attached hydrogens (tertiary/aromatic N) is 1. The van der Waals surface area contributed by atoms with Crippen molar-refractivity contribution in [1.82, 2.24) is 9.03 Å². The molecule has 1 unspecified atom stereocenters. The van der Waals surface area contributed by atoms with Gasteiger partial charge in [-0.05, 0) is 22.4 Å². The minimum absolute atomic E-state index is 0.0167. The van der Waals surface area contributed by atoms with Crippen LogP contribution in [0.3, 0.4) is 0 Å². The third-order valence-electron chi connectivity index (χ3n) is 3.97. The average molecular weight is 365 g/mol. The van der Waals surface area contributed by atoms with Crippen molar-refractivity contribution in [1.29, 1.82) is 0 Å². The molecular weight excluding hydrogens is 342 g/mol. The Labute approximate surface area is 147 Å². The van der Waals surface area contributed by atoms with Gasteiger partial charge in [0.05, 0.1) is 19.6 Å². The molecule has 8 heteroatoms. The number of nitrogens with two attached hydrogens (primary N) is 1. The average Bonchev–Trinajstić information content (AvgIpc) is 2.63. The summed E-state index contributed by atoms with van der Waals surface area (Å²) >= 11 is 0. The summed E-state index contributed by atoms with van der Waals surface area (Å²) in [5, 5.41) is 2.08. The fourth-order valence-corrected chi connectivity index (χ4v) is 3.52. The molecular formula is C17H23N3O4S. The van der Waals surface area contributed by atoms with E-state index >= 15 is 0 Å². The van der Waals surface area contributed by atoms with Crippen LogP contribution in [0, 0.1) is 0 Å². The third kappa shape index (κ3) is 4.99. The van der Waals surface area contributed by atoms with Gasteiger partial charge in [-0.3, -0.25) is 4.79 Å². The van der Waals surface area contributed by atoms with Gasteiger partial charge in [0.1, 0.15) is 0 Å². The van der Waals surface area contributed by atoms with E-state index in [-0.39, 0.29) is 19.5 Å². The first-order chi connectivity index (χ1) is 11.9. The molecule has 0 saturated carbocycles. The molecule has 136 valence electrons. The number of esters is 1. The fourth-order valence-electron chi connectivity index (χ4n) is 2.42. The highest BCUT2D eigenvalue weighted by Gasteiger charge is 2.23. The second kappa shape index (κ2) is 8.39. The smallest absolute Gasteiger partial charge is 0.306 e. The lowest BCUT2D eigenvalue weighted by molar-refractivity contribution is -0.140. The Bertz CT molecular complexity index is 839. The zero-order valence-corrected chi connectivity index (χ0v) is 15.1. The summed E-state index contributed by atoms with van der Waals surface area (Å²) in [5.41, 5.74) is 6.56. The minimum atomic E-state index is -3.78. The zero-order chi connectivity index (χ0) is 18.4. The van der Waals surface area contributed by atoms with Crippen molar-refractivity contribution in [3.8, 4) is 0 Å². The Hall–Kier alpha value is -2.00. The summed E-state index contributed by atoms with van der Waals surface area (Å²) in [5.74, 6) is -0.466. The van der Waals surface area contributed by atoms with E-state index in [0.717, 1.165) is 20.6 Å². The monoisotopic (exact) mass is 365 g/mol. The Morgan fingerprint density at radius 3 is 2.56 bits per heavy atom. The van der Waals surface area contributed by atoms with Crippen LogP contribution in [0.4, 0.5) is 0 Å². The van der Waals surface area contributed by atoms with Crippen LogP contribution < -0.4 is 10.5 Å². The molecule has 0 aromatic heterocycles. The van der Waals surface area contributed by atoms with Crippen molar-refractivity contribution >= 4 is 27.0 Å². The second-order valence-corrected chi connectivity index (χ2v) is 7.47. The molecule has 0 amide bonds. The van der Waals surface area contributed by atoms with Crippen LogP contribution in [0.5, 0.6) is 0 Å². The van der Waals surface area contributed by atoms with Crippen molar-refractivity contribution < 1.29 is 17.9 Å². The molecule has 2 rings (SSSR count). The summed E-state index contributed by atoms with van der Waals surface area (Å²) in [6, 6.07) is 13.0. The first-order valence-electron chi connectivity index (χ1n) is 7.86. The van der Waals surface area contributed by atoms with Crippen molar-refractivity contribution in [2.45, 2.75) is 12.5 Å². The van der Waals surface area contributed by atoms with E-state index in [1.54, 1.807) is 0 Å². The summed E-state index contributed by atoms with van der Waals surface area (Å²) in [4.78, 5) is 11.2. The number of methoxy groups -OCH3 is 1. The van der Waals surface area contributed by atoms with Gasteiger partial charge in [-0.2, -0.15) is 17.4 Å². The molecule has 0 heterocycles. The maximum atomic E-state index is 12.4. The van der Waals surface area contributed by atoms with Crippen LogP contribution >= 0.6 is 0 Å². The second-order valence-electron chi connectivity index (χ2n) is 5.67. The van der Waals surface area contributed by atoms with Gasteiger partial charge in [-0.15, -0.1) is 0 Å². The molecule has 1 atom stereocenters. The lowest BCUT2D eigenvalue weighted by Crippen LogP contribution is -2.43. The van der Waals surface area contributed by atoms with Crippen molar-refractivity contribution in [2.75, 3.05) is 27.2 Å². The predicted molar refractivity (Wildman–Crippen MR) is 97.1 cm³/mol. The van der Waals surface area contributed by atoms with E-state index in [9.17, 15) is 13.2 Å². The van der Waals surface area contributed by atoms with Crippen molar-refractivity contribution in [3.05, 3.63) is 48.0 Å². The topological polar surface area (TPSA) is 102 Å². The number of rotatable bonds is 8. The number of hydrogen-bond acceptors (Lipinski definition) is 5. The predicted octanol–water partition coefficient (Wildman–Crippen LogP) is 1.17. The molecule has 0 aliphatic heterocycles. The number of benzene rings is 2. The lowest BCUT2D eigenvalue weighted by atomic mass is 10.0. The summed E-state index contributed by atoms with van der Waals surface area (Å²) in [6.07, 6.45) is -0.0167. The largest absolute Gasteiger partial charge is 0.469 e. The number of carbonyl (C=O) groups is 1. The van der Waals surface area contributed by atoms with Crippen molar-refractivity contribution in [3.63, 3.8) is 0 Å². The first kappa shape index (κ1) is 19.3. The van der Waals surface area contributed by atoms with E-state index in [4.69, 9.17) is 5.73 Å². The van der Waals surface area contributed by atoms with Crippen LogP contribution in [-0.4, -0.2) is 45.9 Å². The van der Waals surface area contributed by atoms with Gasteiger partial charge in [0.2, 0.25) is 0 Å². The van der Waals surface area contributed by atoms with Crippen LogP contribution in [-0.2, 0) is 19.7 Å². The van der Waals surface area contributed by atoms with E-state index < -0.39 is 22.2 Å². The molecule has 0 aliphatic carbocycles. The Morgan fingerprint density at radius 2 is 1.92 bits per heavy atom. The molecule has 0 bridgehead atoms. The molecule has 25 heavy (non-hydrogen) atoms. The van der Waals surface area contributed by atoms with Gasteiger partial charge < -0.3 is 10.5 Å². The number of nitrogens with one attached hydrogen (secondary N) is 1. The molecule has 0 fully saturated rings. The molecule has 0 aliphatic rings. The maximum absolute atomic E-state index is 12.4. The van der Waals surface area contributed by atoms with E-state index in [1.807, 2.05) is 42.5 Å². The van der Waals surface area contributed by atoms with Gasteiger partial charge in [0.25, 0.3) is 10.2 Å². The van der Waals surface area contributed by atoms with E-state index in [1.165, 1.54) is 14.2 Å². The quantitative estimate of drug-likeness (QED) is 0.684. The summed E-state index contributed by atoms with van der Waals surface area (Å²) in [7, 11) is -1.12. The zero-order valence-electron chi connectivity index (χ0n) is 14.3. The lowest BCUT2D eigenvalue weighted by Gasteiger charge is -2.22. The molecule has 7 nitrogen and oxygen atoms in total. The van der Waals surface area contributed by atoms with Crippen molar-refractivity contribution in [2.24, 2.45) is 5.73 Å². The molecule has 3 N–H and O–H groups in total. The highest BCUT2D eigenvalue weighted by molar-refractivity contribution is 7.87. The fraction of sp³-hybridized carbons (Fsp3) is 0.353. The molecule has 2 aromatic carbocycles. The Kier molecular flexibility index (Phi) is 6.49. The SMILES string of the molecule is COC(=O)CCN(C)S(=O)(=O)NC(CN)c1ccc2ccccc2c1. The van der Waals surface area contributed by atoms with Crippen LogP contribution in [0.15, 0.2) is 42.5 Å². The third-order valence-corrected chi connectivity index (χ3v) is 5.56. The highest BCUT2D eigenvalue weighted by atomic mass is 32.2. The van der Waals surface area contributed by atoms with Gasteiger partial charge >= 0.3 is 5.97 Å². The first-order valence-corrected chi connectivity index (χ1v) is 9.30. The molecule has 0 saturated heterocycles. The number of fused-ring (bicyclic) bond motifs is 1. The van der Waals surface area contributed by atoms with Gasteiger partial charge in [0.15, 0.2) is 0 Å². The van der Waals surface area contributed by atoms with Crippen LogP contribution in [0.2, 0.25) is 0 Å². The summed E-state index contributed by atoms with van der Waals surface area (Å²) < 4.78 is 33.1. The van der Waals surface area contributed by atoms with Gasteiger partial charge in [0, 0.05) is 20.1 Å². The van der Waals surface area contributed by atoms with Crippen LogP contribution in [0.1, 0.15) is 18.0 Å². The maximum Gasteiger partial charge on any atom is 0.306 e. The van der Waals surface area contributed by atoms with E-state index in [0.29, 0.717) is 0 Å². The summed E-state index contributed by atoms with van der Waals surface area (Å²) in [6.45, 7) is 0.138. The molecule has 0 spiro atoms. The molecule has 0 radical (unpaired) electrons. The van der Waals surface area contributed by atoms with Gasteiger partial charge in [-0.25, -0.2) is 0 Å². The highest BCUT2D eigenvalue weighted by Crippen LogP contribution is 2.21. The minimum Gasteiger partial charge on any atom is -0.469 e.